The zero-order chi connectivity index (χ0) is 18.1. The second-order valence-electron chi connectivity index (χ2n) is 6.46. The molecule has 0 unspecified atom stereocenters. The average Bonchev–Trinajstić information content (AvgIpc) is 2.98. The highest BCUT2D eigenvalue weighted by Gasteiger charge is 2.47. The quantitative estimate of drug-likeness (QED) is 0.753. The lowest BCUT2D eigenvalue weighted by Gasteiger charge is -2.29. The highest BCUT2D eigenvalue weighted by molar-refractivity contribution is 5.72. The van der Waals surface area contributed by atoms with Crippen molar-refractivity contribution < 1.29 is 13.9 Å². The van der Waals surface area contributed by atoms with E-state index in [4.69, 9.17) is 4.74 Å². The number of ether oxygens (including phenoxy) is 1. The minimum atomic E-state index is -1.03. The van der Waals surface area contributed by atoms with E-state index in [1.165, 1.54) is 12.1 Å². The fourth-order valence-corrected chi connectivity index (χ4v) is 3.36. The Morgan fingerprint density at radius 2 is 1.85 bits per heavy atom. The van der Waals surface area contributed by atoms with E-state index in [9.17, 15) is 9.18 Å². The van der Waals surface area contributed by atoms with Crippen LogP contribution in [0, 0.1) is 5.82 Å². The van der Waals surface area contributed by atoms with Gasteiger partial charge in [-0.15, -0.1) is 0 Å². The summed E-state index contributed by atoms with van der Waals surface area (Å²) >= 11 is 0. The molecule has 1 saturated heterocycles. The van der Waals surface area contributed by atoms with E-state index in [-0.39, 0.29) is 5.82 Å². The van der Waals surface area contributed by atoms with Gasteiger partial charge >= 0.3 is 6.09 Å². The topological polar surface area (TPSA) is 51.2 Å². The molecule has 1 N–H and O–H groups in total. The Balaban J connectivity index is 1.77. The molecule has 1 aromatic heterocycles. The van der Waals surface area contributed by atoms with E-state index in [0.717, 1.165) is 16.7 Å². The molecule has 4 rings (SSSR count). The molecule has 5 heteroatoms. The van der Waals surface area contributed by atoms with Crippen LogP contribution in [0.2, 0.25) is 0 Å². The van der Waals surface area contributed by atoms with E-state index in [2.05, 4.69) is 10.3 Å². The lowest BCUT2D eigenvalue weighted by Crippen LogP contribution is -2.31. The number of nitrogens with zero attached hydrogens (tertiary/aromatic N) is 1. The number of rotatable bonds is 3. The van der Waals surface area contributed by atoms with Crippen molar-refractivity contribution in [1.82, 2.24) is 10.3 Å². The number of carbonyl (C=O) groups is 1. The van der Waals surface area contributed by atoms with Gasteiger partial charge in [0, 0.05) is 23.5 Å². The number of pyridine rings is 1. The van der Waals surface area contributed by atoms with Crippen LogP contribution in [0.5, 0.6) is 0 Å². The van der Waals surface area contributed by atoms with Crippen LogP contribution < -0.4 is 5.32 Å². The van der Waals surface area contributed by atoms with Crippen LogP contribution in [0.4, 0.5) is 9.18 Å². The average molecular weight is 348 g/mol. The van der Waals surface area contributed by atoms with Crippen molar-refractivity contribution in [3.8, 4) is 11.1 Å². The van der Waals surface area contributed by atoms with E-state index in [1.807, 2.05) is 36.4 Å². The predicted octanol–water partition coefficient (Wildman–Crippen LogP) is 4.58. The minimum Gasteiger partial charge on any atom is -0.436 e. The van der Waals surface area contributed by atoms with Crippen molar-refractivity contribution in [3.05, 3.63) is 90.0 Å². The Hall–Kier alpha value is -3.21. The van der Waals surface area contributed by atoms with Crippen molar-refractivity contribution in [1.29, 1.82) is 0 Å². The first-order valence-electron chi connectivity index (χ1n) is 8.32. The van der Waals surface area contributed by atoms with Gasteiger partial charge in [0.05, 0.1) is 0 Å². The Morgan fingerprint density at radius 1 is 1.04 bits per heavy atom. The van der Waals surface area contributed by atoms with Crippen molar-refractivity contribution in [2.75, 3.05) is 0 Å². The summed E-state index contributed by atoms with van der Waals surface area (Å²) in [7, 11) is 0. The molecule has 0 radical (unpaired) electrons. The molecule has 0 aliphatic carbocycles. The van der Waals surface area contributed by atoms with Gasteiger partial charge in [-0.1, -0.05) is 42.5 Å². The van der Waals surface area contributed by atoms with Crippen molar-refractivity contribution in [2.45, 2.75) is 18.6 Å². The van der Waals surface area contributed by atoms with E-state index >= 15 is 0 Å². The Morgan fingerprint density at radius 3 is 2.62 bits per heavy atom. The molecule has 1 aliphatic rings. The lowest BCUT2D eigenvalue weighted by atomic mass is 9.84. The Labute approximate surface area is 150 Å². The Bertz CT molecular complexity index is 961. The molecular weight excluding hydrogens is 331 g/mol. The summed E-state index contributed by atoms with van der Waals surface area (Å²) in [6.45, 7) is 1.78. The summed E-state index contributed by atoms with van der Waals surface area (Å²) in [4.78, 5) is 16.3. The molecule has 4 nitrogen and oxygen atoms in total. The fourth-order valence-electron chi connectivity index (χ4n) is 3.36. The van der Waals surface area contributed by atoms with E-state index in [0.29, 0.717) is 5.56 Å². The summed E-state index contributed by atoms with van der Waals surface area (Å²) in [6, 6.07) is 17.5. The van der Waals surface area contributed by atoms with Crippen LogP contribution in [0.15, 0.2) is 73.1 Å². The molecule has 3 aromatic rings. The third-order valence-electron chi connectivity index (χ3n) is 4.72. The maximum absolute atomic E-state index is 13.7. The van der Waals surface area contributed by atoms with Crippen molar-refractivity contribution >= 4 is 6.09 Å². The van der Waals surface area contributed by atoms with Gasteiger partial charge in [-0.05, 0) is 36.2 Å². The van der Waals surface area contributed by atoms with Crippen molar-refractivity contribution in [3.63, 3.8) is 0 Å². The molecule has 1 fully saturated rings. The molecule has 26 heavy (non-hydrogen) atoms. The van der Waals surface area contributed by atoms with Gasteiger partial charge in [-0.2, -0.15) is 0 Å². The number of amides is 1. The maximum atomic E-state index is 13.7. The number of cyclic esters (lactones) is 1. The summed E-state index contributed by atoms with van der Waals surface area (Å²) in [6.07, 6.45) is 2.94. The number of alkyl carbamates (subject to hydrolysis) is 1. The summed E-state index contributed by atoms with van der Waals surface area (Å²) in [5, 5.41) is 2.83. The van der Waals surface area contributed by atoms with E-state index < -0.39 is 17.7 Å². The smallest absolute Gasteiger partial charge is 0.408 e. The normalized spacial score (nSPS) is 21.9. The van der Waals surface area contributed by atoms with Crippen LogP contribution >= 0.6 is 0 Å². The maximum Gasteiger partial charge on any atom is 0.408 e. The molecule has 2 heterocycles. The van der Waals surface area contributed by atoms with E-state index in [1.54, 1.807) is 31.5 Å². The summed E-state index contributed by atoms with van der Waals surface area (Å²) in [5.74, 6) is -0.374. The SMILES string of the molecule is C[C@@]1(c2cccc(F)c2)OC(=O)N[C@@H]1c1cncc(-c2ccccc2)c1. The number of halogens is 1. The molecular formula is C21H17FN2O2. The third kappa shape index (κ3) is 2.81. The zero-order valence-corrected chi connectivity index (χ0v) is 14.1. The summed E-state index contributed by atoms with van der Waals surface area (Å²) in [5.41, 5.74) is 2.32. The highest BCUT2D eigenvalue weighted by Crippen LogP contribution is 2.43. The van der Waals surface area contributed by atoms with Crippen LogP contribution in [-0.4, -0.2) is 11.1 Å². The first-order chi connectivity index (χ1) is 12.6. The van der Waals surface area contributed by atoms with Gasteiger partial charge in [0.25, 0.3) is 0 Å². The van der Waals surface area contributed by atoms with Gasteiger partial charge < -0.3 is 10.1 Å². The van der Waals surface area contributed by atoms with Crippen LogP contribution in [-0.2, 0) is 10.3 Å². The summed E-state index contributed by atoms with van der Waals surface area (Å²) < 4.78 is 19.3. The number of hydrogen-bond donors (Lipinski definition) is 1. The van der Waals surface area contributed by atoms with Crippen molar-refractivity contribution in [2.24, 2.45) is 0 Å². The lowest BCUT2D eigenvalue weighted by molar-refractivity contribution is 0.0491. The molecule has 0 saturated carbocycles. The Kier molecular flexibility index (Phi) is 3.92. The molecule has 2 atom stereocenters. The van der Waals surface area contributed by atoms with Crippen LogP contribution in [0.3, 0.4) is 0 Å². The molecule has 130 valence electrons. The van der Waals surface area contributed by atoms with Gasteiger partial charge in [0.15, 0.2) is 5.60 Å². The predicted molar refractivity (Wildman–Crippen MR) is 95.8 cm³/mol. The van der Waals surface area contributed by atoms with Gasteiger partial charge in [-0.25, -0.2) is 9.18 Å². The zero-order valence-electron chi connectivity index (χ0n) is 14.1. The standard InChI is InChI=1S/C21H17FN2O2/c1-21(17-8-5-9-18(22)11-17)19(24-20(25)26-21)16-10-15(12-23-13-16)14-6-3-2-4-7-14/h2-13,19H,1H3,(H,24,25)/t19-,21+/m1/s1. The number of carbonyl (C=O) groups excluding carboxylic acids is 1. The van der Waals surface area contributed by atoms with Crippen LogP contribution in [0.1, 0.15) is 24.1 Å². The van der Waals surface area contributed by atoms with Gasteiger partial charge in [0.2, 0.25) is 0 Å². The number of aromatic nitrogens is 1. The molecule has 0 spiro atoms. The molecule has 0 bridgehead atoms. The van der Waals surface area contributed by atoms with Crippen LogP contribution in [0.25, 0.3) is 11.1 Å². The second kappa shape index (κ2) is 6.26. The van der Waals surface area contributed by atoms with Gasteiger partial charge in [-0.3, -0.25) is 4.98 Å². The number of nitrogens with one attached hydrogen (secondary N) is 1. The minimum absolute atomic E-state index is 0.374. The largest absolute Gasteiger partial charge is 0.436 e. The first kappa shape index (κ1) is 16.3. The monoisotopic (exact) mass is 348 g/mol. The second-order valence-corrected chi connectivity index (χ2v) is 6.46. The highest BCUT2D eigenvalue weighted by atomic mass is 19.1. The molecule has 1 aliphatic heterocycles. The number of hydrogen-bond acceptors (Lipinski definition) is 3. The number of benzene rings is 2. The third-order valence-corrected chi connectivity index (χ3v) is 4.72. The first-order valence-corrected chi connectivity index (χ1v) is 8.32. The molecule has 2 aromatic carbocycles. The fraction of sp³-hybridized carbons (Fsp3) is 0.143. The molecule has 1 amide bonds. The van der Waals surface area contributed by atoms with Gasteiger partial charge in [0.1, 0.15) is 11.9 Å².